The van der Waals surface area contributed by atoms with Gasteiger partial charge >= 0.3 is 0 Å². The molecule has 0 spiro atoms. The Morgan fingerprint density at radius 3 is 2.40 bits per heavy atom. The first kappa shape index (κ1) is 16.7. The molecule has 0 saturated heterocycles. The molecule has 5 nitrogen and oxygen atoms in total. The lowest BCUT2D eigenvalue weighted by Crippen LogP contribution is -2.37. The van der Waals surface area contributed by atoms with Crippen LogP contribution in [0.25, 0.3) is 0 Å². The van der Waals surface area contributed by atoms with Crippen molar-refractivity contribution in [2.45, 2.75) is 19.4 Å². The summed E-state index contributed by atoms with van der Waals surface area (Å²) in [5.74, 6) is -0.778. The van der Waals surface area contributed by atoms with E-state index in [0.717, 1.165) is 17.7 Å². The topological polar surface area (TPSA) is 78.4 Å². The van der Waals surface area contributed by atoms with E-state index >= 15 is 0 Å². The highest BCUT2D eigenvalue weighted by atomic mass is 19.1. The second kappa shape index (κ2) is 6.76. The van der Waals surface area contributed by atoms with E-state index in [9.17, 15) is 19.1 Å². The van der Waals surface area contributed by atoms with Crippen LogP contribution < -0.4 is 21.5 Å². The van der Waals surface area contributed by atoms with E-state index in [0.29, 0.717) is 6.42 Å². The second-order valence-corrected chi connectivity index (χ2v) is 5.71. The molecule has 3 aromatic rings. The van der Waals surface area contributed by atoms with Gasteiger partial charge in [-0.25, -0.2) is 4.39 Å². The summed E-state index contributed by atoms with van der Waals surface area (Å²) in [6.45, 7) is 1.96. The van der Waals surface area contributed by atoms with Crippen LogP contribution in [0.3, 0.4) is 0 Å². The van der Waals surface area contributed by atoms with Gasteiger partial charge in [-0.2, -0.15) is 0 Å². The zero-order chi connectivity index (χ0) is 18.0. The maximum atomic E-state index is 13.3. The summed E-state index contributed by atoms with van der Waals surface area (Å²) in [4.78, 5) is 23.8. The number of phenolic OH excluding ortho intramolecular Hbond substituents is 1. The molecule has 3 aromatic carbocycles. The van der Waals surface area contributed by atoms with E-state index < -0.39 is 16.7 Å². The smallest absolute Gasteiger partial charge is 0.253 e. The Bertz CT molecular complexity index is 963. The Morgan fingerprint density at radius 2 is 1.72 bits per heavy atom. The van der Waals surface area contributed by atoms with Gasteiger partial charge in [0, 0.05) is 6.07 Å². The first-order chi connectivity index (χ1) is 12.0. The van der Waals surface area contributed by atoms with Gasteiger partial charge in [-0.1, -0.05) is 37.3 Å². The zero-order valence-corrected chi connectivity index (χ0v) is 13.5. The summed E-state index contributed by atoms with van der Waals surface area (Å²) >= 11 is 0. The van der Waals surface area contributed by atoms with E-state index in [2.05, 4.69) is 10.6 Å². The van der Waals surface area contributed by atoms with Crippen LogP contribution in [0.1, 0.15) is 24.9 Å². The minimum Gasteiger partial charge on any atom is -0.506 e. The fourth-order valence-electron chi connectivity index (χ4n) is 2.67. The van der Waals surface area contributed by atoms with Crippen molar-refractivity contribution in [3.05, 3.63) is 80.4 Å². The number of benzene rings is 2. The maximum absolute atomic E-state index is 13.3. The lowest BCUT2D eigenvalue weighted by molar-refractivity contribution is 0.475. The first-order valence-electron chi connectivity index (χ1n) is 7.91. The molecule has 0 aliphatic heterocycles. The SMILES string of the molecule is CC[C@H](Nc1c(Nc2cc(F)ccc2O)c(=O)c1=O)c1ccccc1. The molecule has 3 rings (SSSR count). The maximum Gasteiger partial charge on any atom is 0.253 e. The summed E-state index contributed by atoms with van der Waals surface area (Å²) in [7, 11) is 0. The van der Waals surface area contributed by atoms with Crippen LogP contribution in [0, 0.1) is 5.82 Å². The summed E-state index contributed by atoms with van der Waals surface area (Å²) in [6, 6.07) is 12.7. The van der Waals surface area contributed by atoms with Crippen molar-refractivity contribution in [1.29, 1.82) is 0 Å². The Hall–Kier alpha value is -3.15. The van der Waals surface area contributed by atoms with Crippen LogP contribution in [0.15, 0.2) is 58.1 Å². The predicted octanol–water partition coefficient (Wildman–Crippen LogP) is 3.43. The fraction of sp³-hybridized carbons (Fsp3) is 0.158. The molecular formula is C19H17FN2O3. The van der Waals surface area contributed by atoms with Gasteiger partial charge < -0.3 is 15.7 Å². The summed E-state index contributed by atoms with van der Waals surface area (Å²) < 4.78 is 13.3. The highest BCUT2D eigenvalue weighted by Crippen LogP contribution is 2.31. The highest BCUT2D eigenvalue weighted by molar-refractivity contribution is 5.80. The van der Waals surface area contributed by atoms with Crippen LogP contribution >= 0.6 is 0 Å². The third kappa shape index (κ3) is 3.24. The average Bonchev–Trinajstić information content (AvgIpc) is 2.64. The van der Waals surface area contributed by atoms with Crippen molar-refractivity contribution >= 4 is 17.1 Å². The van der Waals surface area contributed by atoms with Gasteiger partial charge in [0.15, 0.2) is 0 Å². The van der Waals surface area contributed by atoms with Gasteiger partial charge in [0.2, 0.25) is 0 Å². The first-order valence-corrected chi connectivity index (χ1v) is 7.91. The van der Waals surface area contributed by atoms with Crippen LogP contribution in [0.2, 0.25) is 0 Å². The number of rotatable bonds is 6. The quantitative estimate of drug-likeness (QED) is 0.473. The Kier molecular flexibility index (Phi) is 4.52. The van der Waals surface area contributed by atoms with Crippen LogP contribution in [-0.2, 0) is 0 Å². The summed E-state index contributed by atoms with van der Waals surface area (Å²) in [6.07, 6.45) is 0.702. The van der Waals surface area contributed by atoms with Crippen molar-refractivity contribution in [1.82, 2.24) is 0 Å². The van der Waals surface area contributed by atoms with Crippen molar-refractivity contribution < 1.29 is 9.50 Å². The van der Waals surface area contributed by atoms with Gasteiger partial charge in [-0.05, 0) is 24.1 Å². The molecule has 0 radical (unpaired) electrons. The number of anilines is 3. The molecule has 128 valence electrons. The fourth-order valence-corrected chi connectivity index (χ4v) is 2.67. The lowest BCUT2D eigenvalue weighted by atomic mass is 10.0. The largest absolute Gasteiger partial charge is 0.506 e. The Labute approximate surface area is 143 Å². The molecule has 1 atom stereocenters. The third-order valence-electron chi connectivity index (χ3n) is 4.06. The van der Waals surface area contributed by atoms with Gasteiger partial charge in [0.1, 0.15) is 22.9 Å². The summed E-state index contributed by atoms with van der Waals surface area (Å²) in [5, 5.41) is 15.5. The van der Waals surface area contributed by atoms with E-state index in [-0.39, 0.29) is 28.9 Å². The second-order valence-electron chi connectivity index (χ2n) is 5.71. The van der Waals surface area contributed by atoms with Crippen LogP contribution in [-0.4, -0.2) is 5.11 Å². The molecule has 25 heavy (non-hydrogen) atoms. The average molecular weight is 340 g/mol. The molecule has 3 N–H and O–H groups in total. The molecule has 0 aliphatic carbocycles. The molecule has 0 aliphatic rings. The molecule has 0 bridgehead atoms. The van der Waals surface area contributed by atoms with Crippen LogP contribution in [0.5, 0.6) is 5.75 Å². The van der Waals surface area contributed by atoms with Gasteiger partial charge in [-0.15, -0.1) is 0 Å². The van der Waals surface area contributed by atoms with E-state index in [4.69, 9.17) is 0 Å². The molecular weight excluding hydrogens is 323 g/mol. The Balaban J connectivity index is 1.89. The minimum atomic E-state index is -0.700. The lowest BCUT2D eigenvalue weighted by Gasteiger charge is -2.22. The molecule has 0 heterocycles. The molecule has 0 saturated carbocycles. The number of hydrogen-bond donors (Lipinski definition) is 3. The molecule has 0 amide bonds. The molecule has 0 fully saturated rings. The van der Waals surface area contributed by atoms with Crippen molar-refractivity contribution in [3.63, 3.8) is 0 Å². The number of nitrogens with one attached hydrogen (secondary N) is 2. The number of halogens is 1. The van der Waals surface area contributed by atoms with Gasteiger partial charge in [-0.3, -0.25) is 9.59 Å². The number of hydrogen-bond acceptors (Lipinski definition) is 5. The minimum absolute atomic E-state index is 0.0280. The standard InChI is InChI=1S/C19H17FN2O3/c1-2-13(11-6-4-3-5-7-11)21-16-17(19(25)18(16)24)22-14-10-12(20)8-9-15(14)23/h3-10,13,21-23H,2H2,1H3/t13-/m0/s1. The van der Waals surface area contributed by atoms with Crippen molar-refractivity contribution in [2.75, 3.05) is 10.6 Å². The molecule has 6 heteroatoms. The monoisotopic (exact) mass is 340 g/mol. The van der Waals surface area contributed by atoms with Gasteiger partial charge in [0.05, 0.1) is 11.7 Å². The molecule has 0 unspecified atom stereocenters. The van der Waals surface area contributed by atoms with E-state index in [1.165, 1.54) is 6.07 Å². The predicted molar refractivity (Wildman–Crippen MR) is 95.8 cm³/mol. The molecule has 0 aromatic heterocycles. The van der Waals surface area contributed by atoms with Gasteiger partial charge in [0.25, 0.3) is 10.9 Å². The van der Waals surface area contributed by atoms with Crippen molar-refractivity contribution in [3.8, 4) is 5.75 Å². The Morgan fingerprint density at radius 1 is 1.04 bits per heavy atom. The van der Waals surface area contributed by atoms with Crippen LogP contribution in [0.4, 0.5) is 21.5 Å². The van der Waals surface area contributed by atoms with E-state index in [1.807, 2.05) is 37.3 Å². The third-order valence-corrected chi connectivity index (χ3v) is 4.06. The van der Waals surface area contributed by atoms with E-state index in [1.54, 1.807) is 0 Å². The summed E-state index contributed by atoms with van der Waals surface area (Å²) in [5.41, 5.74) is -0.146. The number of aromatic hydroxyl groups is 1. The van der Waals surface area contributed by atoms with Crippen molar-refractivity contribution in [2.24, 2.45) is 0 Å². The normalized spacial score (nSPS) is 12.1. The zero-order valence-electron chi connectivity index (χ0n) is 13.5. The highest BCUT2D eigenvalue weighted by Gasteiger charge is 2.24. The number of phenols is 1.